The van der Waals surface area contributed by atoms with Gasteiger partial charge in [-0.05, 0) is 37.8 Å². The molecule has 3 rings (SSSR count). The van der Waals surface area contributed by atoms with Gasteiger partial charge in [0.2, 0.25) is 0 Å². The Morgan fingerprint density at radius 1 is 0.500 bits per heavy atom. The van der Waals surface area contributed by atoms with E-state index in [4.69, 9.17) is 9.47 Å². The number of ether oxygens (including phenoxy) is 2. The van der Waals surface area contributed by atoms with Crippen molar-refractivity contribution in [3.05, 3.63) is 84.9 Å². The van der Waals surface area contributed by atoms with Gasteiger partial charge < -0.3 is 9.47 Å². The highest BCUT2D eigenvalue weighted by Crippen LogP contribution is 2.23. The summed E-state index contributed by atoms with van der Waals surface area (Å²) < 4.78 is 16.4. The Bertz CT molecular complexity index is 936. The van der Waals surface area contributed by atoms with E-state index in [-0.39, 0.29) is 0 Å². The number of pyridine rings is 2. The summed E-state index contributed by atoms with van der Waals surface area (Å²) >= 11 is 0. The topological polar surface area (TPSA) is 43.3 Å². The van der Waals surface area contributed by atoms with Crippen molar-refractivity contribution in [2.24, 2.45) is 0 Å². The maximum absolute atomic E-state index is 11.4. The largest absolute Gasteiger partial charge is 0.493 e. The summed E-state index contributed by atoms with van der Waals surface area (Å²) in [6, 6.07) is 17.9. The van der Waals surface area contributed by atoms with Crippen LogP contribution in [0.25, 0.3) is 0 Å². The number of carbonyl (C=O) groups excluding carboxylic acids is 1. The van der Waals surface area contributed by atoms with Crippen molar-refractivity contribution in [3.63, 3.8) is 0 Å². The fraction of sp³-hybridized carbons (Fsp3) is 0.485. The molecule has 0 aliphatic carbocycles. The van der Waals surface area contributed by atoms with Gasteiger partial charge in [0, 0.05) is 48.7 Å². The van der Waals surface area contributed by atoms with Gasteiger partial charge in [-0.25, -0.2) is 9.13 Å². The predicted molar refractivity (Wildman–Crippen MR) is 151 cm³/mol. The lowest BCUT2D eigenvalue weighted by Crippen LogP contribution is -2.32. The molecular weight excluding hydrogens is 472 g/mol. The minimum Gasteiger partial charge on any atom is -0.493 e. The van der Waals surface area contributed by atoms with Gasteiger partial charge in [0.1, 0.15) is 30.9 Å². The summed E-state index contributed by atoms with van der Waals surface area (Å²) in [5, 5.41) is 0. The summed E-state index contributed by atoms with van der Waals surface area (Å²) in [6.45, 7) is 3.53. The van der Waals surface area contributed by atoms with Crippen LogP contribution in [0, 0.1) is 0 Å². The van der Waals surface area contributed by atoms with Crippen molar-refractivity contribution in [2.45, 2.75) is 90.1 Å². The molecule has 204 valence electrons. The van der Waals surface area contributed by atoms with Crippen molar-refractivity contribution in [2.75, 3.05) is 13.2 Å². The van der Waals surface area contributed by atoms with Crippen LogP contribution in [0.15, 0.2) is 79.4 Å². The minimum atomic E-state index is 0.602. The standard InChI is InChI=1S/C33H46N2O3/c36-30-31-27-32(37-25-17-7-3-1-5-11-19-34-21-13-9-14-22-34)29-33(28-31)38-26-18-8-4-2-6-12-20-35-23-15-10-16-24-35/h9-10,13-16,21-24,27-30H,1-8,11-12,17-20,25-26H2/q+2. The van der Waals surface area contributed by atoms with Crippen LogP contribution in [0.1, 0.15) is 87.4 Å². The van der Waals surface area contributed by atoms with Gasteiger partial charge in [-0.1, -0.05) is 50.7 Å². The molecule has 38 heavy (non-hydrogen) atoms. The van der Waals surface area contributed by atoms with E-state index in [1.807, 2.05) is 6.07 Å². The summed E-state index contributed by atoms with van der Waals surface area (Å²) in [7, 11) is 0. The number of aldehydes is 1. The SMILES string of the molecule is O=Cc1cc(OCCCCCCCC[n+]2ccccc2)cc(OCCCCCCCC[n+]2ccccc2)c1. The van der Waals surface area contributed by atoms with E-state index in [0.29, 0.717) is 18.8 Å². The fourth-order valence-electron chi connectivity index (χ4n) is 4.58. The Balaban J connectivity index is 1.20. The van der Waals surface area contributed by atoms with Gasteiger partial charge in [-0.3, -0.25) is 4.79 Å². The highest BCUT2D eigenvalue weighted by atomic mass is 16.5. The molecule has 0 atom stereocenters. The van der Waals surface area contributed by atoms with E-state index in [1.54, 1.807) is 12.1 Å². The maximum Gasteiger partial charge on any atom is 0.168 e. The number of aromatic nitrogens is 2. The van der Waals surface area contributed by atoms with Gasteiger partial charge in [-0.2, -0.15) is 0 Å². The zero-order valence-electron chi connectivity index (χ0n) is 23.0. The van der Waals surface area contributed by atoms with Gasteiger partial charge in [-0.15, -0.1) is 0 Å². The van der Waals surface area contributed by atoms with Crippen molar-refractivity contribution < 1.29 is 23.4 Å². The first kappa shape index (κ1) is 29.3. The van der Waals surface area contributed by atoms with Gasteiger partial charge in [0.25, 0.3) is 0 Å². The molecule has 0 amide bonds. The lowest BCUT2D eigenvalue weighted by molar-refractivity contribution is -0.697. The van der Waals surface area contributed by atoms with Crippen LogP contribution in [-0.2, 0) is 13.1 Å². The molecule has 2 heterocycles. The molecule has 5 heteroatoms. The van der Waals surface area contributed by atoms with Gasteiger partial charge >= 0.3 is 0 Å². The van der Waals surface area contributed by atoms with Crippen LogP contribution in [0.2, 0.25) is 0 Å². The van der Waals surface area contributed by atoms with Crippen LogP contribution in [0.4, 0.5) is 0 Å². The normalized spacial score (nSPS) is 10.8. The molecule has 5 nitrogen and oxygen atoms in total. The zero-order chi connectivity index (χ0) is 26.5. The van der Waals surface area contributed by atoms with E-state index < -0.39 is 0 Å². The van der Waals surface area contributed by atoms with E-state index in [1.165, 1.54) is 64.2 Å². The number of benzene rings is 1. The molecular formula is C33H46N2O3+2. The Morgan fingerprint density at radius 3 is 1.32 bits per heavy atom. The predicted octanol–water partition coefficient (Wildman–Crippen LogP) is 6.91. The highest BCUT2D eigenvalue weighted by molar-refractivity contribution is 5.76. The number of hydrogen-bond acceptors (Lipinski definition) is 3. The minimum absolute atomic E-state index is 0.602. The third-order valence-corrected chi connectivity index (χ3v) is 6.75. The number of hydrogen-bond donors (Lipinski definition) is 0. The summed E-state index contributed by atoms with van der Waals surface area (Å²) in [4.78, 5) is 11.4. The number of rotatable bonds is 21. The molecule has 0 aliphatic heterocycles. The second-order valence-electron chi connectivity index (χ2n) is 10.0. The van der Waals surface area contributed by atoms with Crippen LogP contribution in [0.3, 0.4) is 0 Å². The third kappa shape index (κ3) is 12.8. The smallest absolute Gasteiger partial charge is 0.168 e. The van der Waals surface area contributed by atoms with Crippen LogP contribution in [-0.4, -0.2) is 19.5 Å². The van der Waals surface area contributed by atoms with E-state index in [2.05, 4.69) is 70.3 Å². The molecule has 0 saturated carbocycles. The van der Waals surface area contributed by atoms with Gasteiger partial charge in [0.15, 0.2) is 24.8 Å². The lowest BCUT2D eigenvalue weighted by atomic mass is 10.1. The van der Waals surface area contributed by atoms with Crippen molar-refractivity contribution >= 4 is 6.29 Å². The first-order valence-corrected chi connectivity index (χ1v) is 14.6. The van der Waals surface area contributed by atoms with E-state index in [9.17, 15) is 4.79 Å². The third-order valence-electron chi connectivity index (χ3n) is 6.75. The number of carbonyl (C=O) groups is 1. The molecule has 2 aromatic heterocycles. The molecule has 1 aromatic carbocycles. The van der Waals surface area contributed by atoms with Crippen LogP contribution in [0.5, 0.6) is 11.5 Å². The quantitative estimate of drug-likeness (QED) is 0.0874. The molecule has 0 saturated heterocycles. The fourth-order valence-corrected chi connectivity index (χ4v) is 4.58. The molecule has 0 unspecified atom stereocenters. The monoisotopic (exact) mass is 518 g/mol. The Morgan fingerprint density at radius 2 is 0.895 bits per heavy atom. The molecule has 3 aromatic rings. The molecule has 0 radical (unpaired) electrons. The molecule has 0 fully saturated rings. The number of unbranched alkanes of at least 4 members (excludes halogenated alkanes) is 10. The summed E-state index contributed by atoms with van der Waals surface area (Å²) in [5.41, 5.74) is 0.602. The lowest BCUT2D eigenvalue weighted by Gasteiger charge is -2.11. The average Bonchev–Trinajstić information content (AvgIpc) is 2.96. The summed E-state index contributed by atoms with van der Waals surface area (Å²) in [6.07, 6.45) is 23.7. The maximum atomic E-state index is 11.4. The van der Waals surface area contributed by atoms with Crippen LogP contribution < -0.4 is 18.6 Å². The average molecular weight is 519 g/mol. The molecule has 0 bridgehead atoms. The molecule has 0 aliphatic rings. The Hall–Kier alpha value is -3.21. The van der Waals surface area contributed by atoms with Crippen molar-refractivity contribution in [1.29, 1.82) is 0 Å². The number of aryl methyl sites for hydroxylation is 2. The second-order valence-corrected chi connectivity index (χ2v) is 10.0. The van der Waals surface area contributed by atoms with Gasteiger partial charge in [0.05, 0.1) is 13.2 Å². The van der Waals surface area contributed by atoms with Crippen molar-refractivity contribution in [3.8, 4) is 11.5 Å². The number of nitrogens with zero attached hydrogens (tertiary/aromatic N) is 2. The molecule has 0 spiro atoms. The highest BCUT2D eigenvalue weighted by Gasteiger charge is 2.04. The van der Waals surface area contributed by atoms with E-state index in [0.717, 1.165) is 43.7 Å². The zero-order valence-corrected chi connectivity index (χ0v) is 23.0. The first-order chi connectivity index (χ1) is 18.8. The Labute approximate surface area is 229 Å². The molecule has 0 N–H and O–H groups in total. The van der Waals surface area contributed by atoms with Crippen LogP contribution >= 0.6 is 0 Å². The first-order valence-electron chi connectivity index (χ1n) is 14.6. The van der Waals surface area contributed by atoms with E-state index >= 15 is 0 Å². The van der Waals surface area contributed by atoms with Crippen molar-refractivity contribution in [1.82, 2.24) is 0 Å². The summed E-state index contributed by atoms with van der Waals surface area (Å²) in [5.74, 6) is 1.45. The second kappa shape index (κ2) is 18.9. The Kier molecular flexibility index (Phi) is 14.6.